The zero-order valence-electron chi connectivity index (χ0n) is 11.2. The molecule has 21 heavy (non-hydrogen) atoms. The van der Waals surface area contributed by atoms with E-state index in [4.69, 9.17) is 17.3 Å². The summed E-state index contributed by atoms with van der Waals surface area (Å²) in [5, 5.41) is 0.697. The number of carbonyl (C=O) groups excluding carboxylic acids is 1. The quantitative estimate of drug-likeness (QED) is 0.934. The molecule has 2 aromatic rings. The Kier molecular flexibility index (Phi) is 4.49. The van der Waals surface area contributed by atoms with Crippen molar-refractivity contribution in [2.45, 2.75) is 5.37 Å². The molecule has 2 N–H and O–H groups in total. The third-order valence-electron chi connectivity index (χ3n) is 3.31. The fraction of sp³-hybridized carbons (Fsp3) is 0.286. The van der Waals surface area contributed by atoms with Gasteiger partial charge in [-0.25, -0.2) is 4.98 Å². The Labute approximate surface area is 136 Å². The standard InChI is InChI=1S/C14H14ClN3OS2/c15-10-3-1-2-9(6-10)13-12(17-8-21-13)14(19)18-4-5-20-11(18)7-16/h1-3,6,8,11H,4-5,7,16H2. The van der Waals surface area contributed by atoms with Crippen molar-refractivity contribution in [2.24, 2.45) is 5.73 Å². The van der Waals surface area contributed by atoms with Crippen LogP contribution in [0.3, 0.4) is 0 Å². The lowest BCUT2D eigenvalue weighted by molar-refractivity contribution is 0.0760. The van der Waals surface area contributed by atoms with E-state index in [1.54, 1.807) is 17.3 Å². The van der Waals surface area contributed by atoms with Crippen molar-refractivity contribution in [3.8, 4) is 10.4 Å². The first-order valence-corrected chi connectivity index (χ1v) is 8.83. The van der Waals surface area contributed by atoms with E-state index in [-0.39, 0.29) is 11.3 Å². The van der Waals surface area contributed by atoms with Crippen LogP contribution in [0.2, 0.25) is 5.02 Å². The van der Waals surface area contributed by atoms with Gasteiger partial charge in [0.2, 0.25) is 0 Å². The first-order valence-electron chi connectivity index (χ1n) is 6.53. The molecule has 1 saturated heterocycles. The maximum absolute atomic E-state index is 12.7. The monoisotopic (exact) mass is 339 g/mol. The number of aromatic nitrogens is 1. The average Bonchev–Trinajstić information content (AvgIpc) is 3.15. The Morgan fingerprint density at radius 2 is 2.38 bits per heavy atom. The minimum absolute atomic E-state index is 0.0476. The number of thiazole rings is 1. The van der Waals surface area contributed by atoms with Crippen molar-refractivity contribution < 1.29 is 4.79 Å². The van der Waals surface area contributed by atoms with Crippen LogP contribution in [0, 0.1) is 0 Å². The number of nitrogens with zero attached hydrogens (tertiary/aromatic N) is 2. The molecule has 1 aliphatic rings. The van der Waals surface area contributed by atoms with Crippen LogP contribution in [0.1, 0.15) is 10.5 Å². The summed E-state index contributed by atoms with van der Waals surface area (Å²) >= 11 is 9.20. The minimum Gasteiger partial charge on any atom is -0.328 e. The normalized spacial score (nSPS) is 18.2. The van der Waals surface area contributed by atoms with Gasteiger partial charge in [-0.05, 0) is 17.7 Å². The zero-order chi connectivity index (χ0) is 14.8. The Balaban J connectivity index is 1.94. The summed E-state index contributed by atoms with van der Waals surface area (Å²) in [7, 11) is 0. The molecule has 1 unspecified atom stereocenters. The number of hydrogen-bond acceptors (Lipinski definition) is 5. The molecule has 0 spiro atoms. The van der Waals surface area contributed by atoms with Crippen LogP contribution in [-0.2, 0) is 0 Å². The van der Waals surface area contributed by atoms with Gasteiger partial charge in [0.05, 0.1) is 15.8 Å². The molecule has 1 aromatic carbocycles. The van der Waals surface area contributed by atoms with E-state index in [2.05, 4.69) is 4.98 Å². The summed E-state index contributed by atoms with van der Waals surface area (Å²) in [5.41, 5.74) is 8.84. The van der Waals surface area contributed by atoms with E-state index in [0.717, 1.165) is 22.7 Å². The highest BCUT2D eigenvalue weighted by atomic mass is 35.5. The second-order valence-electron chi connectivity index (χ2n) is 4.60. The van der Waals surface area contributed by atoms with Gasteiger partial charge >= 0.3 is 0 Å². The SMILES string of the molecule is NCC1SCCN1C(=O)c1ncsc1-c1cccc(Cl)c1. The second kappa shape index (κ2) is 6.36. The van der Waals surface area contributed by atoms with Crippen LogP contribution in [0.25, 0.3) is 10.4 Å². The predicted octanol–water partition coefficient (Wildman–Crippen LogP) is 2.94. The lowest BCUT2D eigenvalue weighted by Gasteiger charge is -2.22. The van der Waals surface area contributed by atoms with Crippen molar-refractivity contribution in [1.29, 1.82) is 0 Å². The van der Waals surface area contributed by atoms with E-state index < -0.39 is 0 Å². The van der Waals surface area contributed by atoms with Crippen LogP contribution in [0.5, 0.6) is 0 Å². The maximum atomic E-state index is 12.7. The molecule has 0 bridgehead atoms. The van der Waals surface area contributed by atoms with Gasteiger partial charge in [0, 0.05) is 23.9 Å². The van der Waals surface area contributed by atoms with Crippen molar-refractivity contribution in [3.05, 3.63) is 40.5 Å². The topological polar surface area (TPSA) is 59.2 Å². The average molecular weight is 340 g/mol. The Morgan fingerprint density at radius 3 is 3.14 bits per heavy atom. The molecular formula is C14H14ClN3OS2. The molecule has 4 nitrogen and oxygen atoms in total. The zero-order valence-corrected chi connectivity index (χ0v) is 13.5. The molecule has 0 saturated carbocycles. The minimum atomic E-state index is -0.0494. The molecule has 2 heterocycles. The first kappa shape index (κ1) is 14.8. The molecule has 7 heteroatoms. The molecule has 1 fully saturated rings. The highest BCUT2D eigenvalue weighted by Gasteiger charge is 2.31. The summed E-state index contributed by atoms with van der Waals surface area (Å²) in [6, 6.07) is 7.48. The summed E-state index contributed by atoms with van der Waals surface area (Å²) in [5.74, 6) is 0.872. The van der Waals surface area contributed by atoms with E-state index in [1.165, 1.54) is 11.3 Å². The van der Waals surface area contributed by atoms with E-state index in [0.29, 0.717) is 17.3 Å². The molecule has 1 aromatic heterocycles. The summed E-state index contributed by atoms with van der Waals surface area (Å²) in [6.07, 6.45) is 0. The fourth-order valence-corrected chi connectivity index (χ4v) is 4.38. The van der Waals surface area contributed by atoms with Crippen molar-refractivity contribution in [2.75, 3.05) is 18.8 Å². The van der Waals surface area contributed by atoms with Gasteiger partial charge in [-0.1, -0.05) is 23.7 Å². The van der Waals surface area contributed by atoms with Crippen molar-refractivity contribution in [1.82, 2.24) is 9.88 Å². The van der Waals surface area contributed by atoms with Crippen LogP contribution in [0.15, 0.2) is 29.8 Å². The molecule has 0 radical (unpaired) electrons. The lowest BCUT2D eigenvalue weighted by atomic mass is 10.1. The van der Waals surface area contributed by atoms with E-state index in [1.807, 2.05) is 29.2 Å². The summed E-state index contributed by atoms with van der Waals surface area (Å²) < 4.78 is 0. The van der Waals surface area contributed by atoms with E-state index in [9.17, 15) is 4.79 Å². The third-order valence-corrected chi connectivity index (χ3v) is 5.67. The maximum Gasteiger partial charge on any atom is 0.274 e. The van der Waals surface area contributed by atoms with Crippen molar-refractivity contribution in [3.63, 3.8) is 0 Å². The number of rotatable bonds is 3. The van der Waals surface area contributed by atoms with Crippen LogP contribution >= 0.6 is 34.7 Å². The molecule has 3 rings (SSSR count). The smallest absolute Gasteiger partial charge is 0.274 e. The largest absolute Gasteiger partial charge is 0.328 e. The highest BCUT2D eigenvalue weighted by molar-refractivity contribution is 8.00. The number of nitrogens with two attached hydrogens (primary N) is 1. The number of hydrogen-bond donors (Lipinski definition) is 1. The van der Waals surface area contributed by atoms with E-state index >= 15 is 0 Å². The fourth-order valence-electron chi connectivity index (χ4n) is 2.32. The molecular weight excluding hydrogens is 326 g/mol. The van der Waals surface area contributed by atoms with Crippen LogP contribution in [-0.4, -0.2) is 40.0 Å². The van der Waals surface area contributed by atoms with Gasteiger partial charge in [0.15, 0.2) is 0 Å². The number of benzene rings is 1. The van der Waals surface area contributed by atoms with Crippen molar-refractivity contribution >= 4 is 40.6 Å². The second-order valence-corrected chi connectivity index (χ2v) is 7.18. The third kappa shape index (κ3) is 2.94. The summed E-state index contributed by atoms with van der Waals surface area (Å²) in [4.78, 5) is 19.7. The summed E-state index contributed by atoms with van der Waals surface area (Å²) in [6.45, 7) is 1.19. The number of thioether (sulfide) groups is 1. The Hall–Kier alpha value is -1.08. The lowest BCUT2D eigenvalue weighted by Crippen LogP contribution is -2.39. The Bertz CT molecular complexity index is 661. The highest BCUT2D eigenvalue weighted by Crippen LogP contribution is 2.32. The van der Waals surface area contributed by atoms with Gasteiger partial charge in [0.25, 0.3) is 5.91 Å². The first-order chi connectivity index (χ1) is 10.2. The van der Waals surface area contributed by atoms with Gasteiger partial charge in [0.1, 0.15) is 5.69 Å². The Morgan fingerprint density at radius 1 is 1.52 bits per heavy atom. The molecule has 110 valence electrons. The van der Waals surface area contributed by atoms with Gasteiger partial charge in [-0.3, -0.25) is 4.79 Å². The number of amides is 1. The predicted molar refractivity (Wildman–Crippen MR) is 88.9 cm³/mol. The van der Waals surface area contributed by atoms with Crippen LogP contribution < -0.4 is 5.73 Å². The molecule has 1 amide bonds. The number of carbonyl (C=O) groups is 1. The molecule has 0 aliphatic carbocycles. The molecule has 1 atom stereocenters. The van der Waals surface area contributed by atoms with Crippen LogP contribution in [0.4, 0.5) is 0 Å². The van der Waals surface area contributed by atoms with Gasteiger partial charge < -0.3 is 10.6 Å². The molecule has 1 aliphatic heterocycles. The van der Waals surface area contributed by atoms with Gasteiger partial charge in [-0.2, -0.15) is 0 Å². The van der Waals surface area contributed by atoms with Gasteiger partial charge in [-0.15, -0.1) is 23.1 Å². The number of halogens is 1.